The maximum Gasteiger partial charge on any atom is 0.338 e. The van der Waals surface area contributed by atoms with Gasteiger partial charge in [0.1, 0.15) is 0 Å². The first kappa shape index (κ1) is 17.0. The molecule has 0 radical (unpaired) electrons. The van der Waals surface area contributed by atoms with E-state index in [4.69, 9.17) is 14.2 Å². The van der Waals surface area contributed by atoms with Gasteiger partial charge in [-0.2, -0.15) is 0 Å². The maximum atomic E-state index is 12.5. The summed E-state index contributed by atoms with van der Waals surface area (Å²) in [4.78, 5) is 24.7. The van der Waals surface area contributed by atoms with E-state index in [1.807, 2.05) is 33.8 Å². The second-order valence-corrected chi connectivity index (χ2v) is 6.18. The largest absolute Gasteiger partial charge is 0.454 e. The molecule has 0 amide bonds. The molecule has 3 rings (SSSR count). The summed E-state index contributed by atoms with van der Waals surface area (Å²) >= 11 is 0. The van der Waals surface area contributed by atoms with E-state index in [0.717, 1.165) is 16.7 Å². The molecule has 0 saturated heterocycles. The lowest BCUT2D eigenvalue weighted by Gasteiger charge is -2.13. The third-order valence-corrected chi connectivity index (χ3v) is 4.72. The van der Waals surface area contributed by atoms with Crippen molar-refractivity contribution in [2.24, 2.45) is 0 Å². The average molecular weight is 340 g/mol. The fourth-order valence-corrected chi connectivity index (χ4v) is 2.82. The highest BCUT2D eigenvalue weighted by molar-refractivity contribution is 6.01. The van der Waals surface area contributed by atoms with Crippen LogP contribution in [0.15, 0.2) is 24.3 Å². The van der Waals surface area contributed by atoms with Crippen molar-refractivity contribution in [1.82, 2.24) is 0 Å². The van der Waals surface area contributed by atoms with Gasteiger partial charge >= 0.3 is 5.97 Å². The van der Waals surface area contributed by atoms with Gasteiger partial charge in [-0.15, -0.1) is 0 Å². The monoisotopic (exact) mass is 340 g/mol. The van der Waals surface area contributed by atoms with Crippen LogP contribution in [0, 0.1) is 27.7 Å². The van der Waals surface area contributed by atoms with Crippen LogP contribution in [0.25, 0.3) is 0 Å². The quantitative estimate of drug-likeness (QED) is 0.627. The number of ether oxygens (including phenoxy) is 3. The Kier molecular flexibility index (Phi) is 4.49. The smallest absolute Gasteiger partial charge is 0.338 e. The van der Waals surface area contributed by atoms with Gasteiger partial charge in [0.25, 0.3) is 0 Å². The topological polar surface area (TPSA) is 61.8 Å². The molecule has 130 valence electrons. The molecule has 2 aromatic carbocycles. The Morgan fingerprint density at radius 1 is 0.960 bits per heavy atom. The molecular weight excluding hydrogens is 320 g/mol. The number of benzene rings is 2. The van der Waals surface area contributed by atoms with E-state index in [2.05, 4.69) is 0 Å². The Morgan fingerprint density at radius 2 is 1.68 bits per heavy atom. The minimum absolute atomic E-state index is 0.137. The second-order valence-electron chi connectivity index (χ2n) is 6.18. The third kappa shape index (κ3) is 3.22. The fraction of sp³-hybridized carbons (Fsp3) is 0.300. The number of hydrogen-bond donors (Lipinski definition) is 0. The lowest BCUT2D eigenvalue weighted by atomic mass is 9.93. The molecular formula is C20H20O5. The highest BCUT2D eigenvalue weighted by Crippen LogP contribution is 2.32. The first-order valence-corrected chi connectivity index (χ1v) is 8.06. The third-order valence-electron chi connectivity index (χ3n) is 4.72. The van der Waals surface area contributed by atoms with Crippen molar-refractivity contribution in [1.29, 1.82) is 0 Å². The molecule has 2 aromatic rings. The van der Waals surface area contributed by atoms with E-state index in [1.54, 1.807) is 18.2 Å². The van der Waals surface area contributed by atoms with Crippen molar-refractivity contribution in [3.63, 3.8) is 0 Å². The fourth-order valence-electron chi connectivity index (χ4n) is 2.82. The van der Waals surface area contributed by atoms with Crippen LogP contribution < -0.4 is 9.47 Å². The zero-order valence-electron chi connectivity index (χ0n) is 14.8. The van der Waals surface area contributed by atoms with Crippen LogP contribution >= 0.6 is 0 Å². The first-order valence-electron chi connectivity index (χ1n) is 8.06. The zero-order valence-corrected chi connectivity index (χ0v) is 14.8. The maximum absolute atomic E-state index is 12.5. The predicted octanol–water partition coefficient (Wildman–Crippen LogP) is 3.69. The summed E-state index contributed by atoms with van der Waals surface area (Å²) < 4.78 is 15.6. The van der Waals surface area contributed by atoms with Crippen molar-refractivity contribution >= 4 is 11.8 Å². The van der Waals surface area contributed by atoms with E-state index < -0.39 is 5.97 Å². The van der Waals surface area contributed by atoms with Gasteiger partial charge in [-0.3, -0.25) is 4.79 Å². The van der Waals surface area contributed by atoms with Crippen LogP contribution in [0.3, 0.4) is 0 Å². The average Bonchev–Trinajstić information content (AvgIpc) is 3.08. The Morgan fingerprint density at radius 3 is 2.44 bits per heavy atom. The van der Waals surface area contributed by atoms with Gasteiger partial charge in [-0.05, 0) is 74.2 Å². The van der Waals surface area contributed by atoms with Crippen LogP contribution in [-0.4, -0.2) is 25.2 Å². The first-order chi connectivity index (χ1) is 11.9. The van der Waals surface area contributed by atoms with E-state index >= 15 is 0 Å². The molecule has 0 N–H and O–H groups in total. The molecule has 1 aliphatic heterocycles. The van der Waals surface area contributed by atoms with E-state index in [1.165, 1.54) is 5.56 Å². The second kappa shape index (κ2) is 6.59. The summed E-state index contributed by atoms with van der Waals surface area (Å²) in [5, 5.41) is 0. The normalized spacial score (nSPS) is 12.2. The number of carbonyl (C=O) groups excluding carboxylic acids is 2. The van der Waals surface area contributed by atoms with Gasteiger partial charge in [0.15, 0.2) is 18.1 Å². The minimum atomic E-state index is -0.565. The molecule has 0 unspecified atom stereocenters. The molecule has 0 fully saturated rings. The van der Waals surface area contributed by atoms with E-state index in [0.29, 0.717) is 22.6 Å². The lowest BCUT2D eigenvalue weighted by Crippen LogP contribution is -2.16. The number of hydrogen-bond acceptors (Lipinski definition) is 5. The molecule has 5 heteroatoms. The summed E-state index contributed by atoms with van der Waals surface area (Å²) in [5.74, 6) is 0.318. The summed E-state index contributed by atoms with van der Waals surface area (Å²) in [5.41, 5.74) is 5.15. The Hall–Kier alpha value is -2.82. The number of aryl methyl sites for hydroxylation is 1. The molecule has 0 saturated carbocycles. The van der Waals surface area contributed by atoms with E-state index in [9.17, 15) is 9.59 Å². The van der Waals surface area contributed by atoms with E-state index in [-0.39, 0.29) is 19.2 Å². The number of fused-ring (bicyclic) bond motifs is 1. The molecule has 5 nitrogen and oxygen atoms in total. The molecule has 25 heavy (non-hydrogen) atoms. The number of carbonyl (C=O) groups is 2. The lowest BCUT2D eigenvalue weighted by molar-refractivity contribution is 0.0474. The highest BCUT2D eigenvalue weighted by Gasteiger charge is 2.19. The zero-order chi connectivity index (χ0) is 18.1. The SMILES string of the molecule is Cc1cc(C(=O)COC(=O)c2ccc3c(c2)OCO3)c(C)c(C)c1C. The number of ketones is 1. The molecule has 0 aromatic heterocycles. The highest BCUT2D eigenvalue weighted by atomic mass is 16.7. The predicted molar refractivity (Wildman–Crippen MR) is 92.6 cm³/mol. The molecule has 1 heterocycles. The number of Topliss-reactive ketones (excluding diaryl/α,β-unsaturated/α-hetero) is 1. The Bertz CT molecular complexity index is 867. The van der Waals surface area contributed by atoms with Crippen molar-refractivity contribution in [3.8, 4) is 11.5 Å². The standard InChI is InChI=1S/C20H20O5/c1-11-7-16(14(4)13(3)12(11)2)17(21)9-23-20(22)15-5-6-18-19(8-15)25-10-24-18/h5-8H,9-10H2,1-4H3. The van der Waals surface area contributed by atoms with Gasteiger partial charge in [0, 0.05) is 5.56 Å². The molecule has 1 aliphatic rings. The van der Waals surface area contributed by atoms with Crippen LogP contribution in [0.4, 0.5) is 0 Å². The summed E-state index contributed by atoms with van der Waals surface area (Å²) in [6.45, 7) is 7.75. The number of rotatable bonds is 4. The molecule has 0 aliphatic carbocycles. The van der Waals surface area contributed by atoms with Crippen LogP contribution in [0.5, 0.6) is 11.5 Å². The molecule has 0 atom stereocenters. The summed E-state index contributed by atoms with van der Waals surface area (Å²) in [6.07, 6.45) is 0. The van der Waals surface area contributed by atoms with Gasteiger partial charge < -0.3 is 14.2 Å². The van der Waals surface area contributed by atoms with Crippen molar-refractivity contribution in [3.05, 3.63) is 57.6 Å². The van der Waals surface area contributed by atoms with Gasteiger partial charge in [0.05, 0.1) is 5.56 Å². The summed E-state index contributed by atoms with van der Waals surface area (Å²) in [7, 11) is 0. The van der Waals surface area contributed by atoms with Crippen LogP contribution in [-0.2, 0) is 4.74 Å². The molecule has 0 spiro atoms. The van der Waals surface area contributed by atoms with Crippen LogP contribution in [0.2, 0.25) is 0 Å². The van der Waals surface area contributed by atoms with Crippen molar-refractivity contribution in [2.75, 3.05) is 13.4 Å². The van der Waals surface area contributed by atoms with Crippen LogP contribution in [0.1, 0.15) is 43.0 Å². The van der Waals surface area contributed by atoms with Gasteiger partial charge in [0.2, 0.25) is 12.6 Å². The summed E-state index contributed by atoms with van der Waals surface area (Å²) in [6, 6.07) is 6.65. The van der Waals surface area contributed by atoms with Crippen molar-refractivity contribution < 1.29 is 23.8 Å². The Labute approximate surface area is 146 Å². The van der Waals surface area contributed by atoms with Crippen molar-refractivity contribution in [2.45, 2.75) is 27.7 Å². The van der Waals surface area contributed by atoms with Gasteiger partial charge in [-0.1, -0.05) is 0 Å². The van der Waals surface area contributed by atoms with Gasteiger partial charge in [-0.25, -0.2) is 4.79 Å². The number of esters is 1. The minimum Gasteiger partial charge on any atom is -0.454 e. The Balaban J connectivity index is 1.71. The molecule has 0 bridgehead atoms.